The summed E-state index contributed by atoms with van der Waals surface area (Å²) in [6.07, 6.45) is 0. The van der Waals surface area contributed by atoms with Crippen molar-refractivity contribution in [3.63, 3.8) is 0 Å². The van der Waals surface area contributed by atoms with E-state index in [1.54, 1.807) is 0 Å². The van der Waals surface area contributed by atoms with E-state index in [1.807, 2.05) is 54.6 Å². The number of hydrogen-bond donors (Lipinski definition) is 0. The van der Waals surface area contributed by atoms with Gasteiger partial charge in [-0.15, -0.1) is 0 Å². The molecule has 0 fully saturated rings. The van der Waals surface area contributed by atoms with E-state index in [1.165, 1.54) is 0 Å². The SMILES string of the molecule is [2H]c1c([2H])c([2H])c(-c2nc(Cl)nc(-c3ccc(-c4cccc(-c5ccccc5)c4)cc3)n2)c([2H])c1[2H]. The molecular formula is C27H18ClN3. The Balaban J connectivity index is 1.52. The maximum atomic E-state index is 8.21. The molecular weight excluding hydrogens is 402 g/mol. The molecule has 0 aliphatic heterocycles. The second kappa shape index (κ2) is 8.50. The Morgan fingerprint density at radius 2 is 1.06 bits per heavy atom. The first-order valence-electron chi connectivity index (χ1n) is 12.1. The zero-order chi connectivity index (χ0) is 25.4. The van der Waals surface area contributed by atoms with Crippen LogP contribution in [0.4, 0.5) is 0 Å². The van der Waals surface area contributed by atoms with Gasteiger partial charge in [-0.25, -0.2) is 4.98 Å². The van der Waals surface area contributed by atoms with E-state index in [2.05, 4.69) is 39.2 Å². The fraction of sp³-hybridized carbons (Fsp3) is 0. The number of halogens is 1. The highest BCUT2D eigenvalue weighted by Gasteiger charge is 2.10. The molecule has 0 aliphatic rings. The first kappa shape index (κ1) is 14.2. The molecule has 0 radical (unpaired) electrons. The quantitative estimate of drug-likeness (QED) is 0.306. The monoisotopic (exact) mass is 424 g/mol. The molecule has 5 rings (SSSR count). The van der Waals surface area contributed by atoms with Crippen molar-refractivity contribution in [1.82, 2.24) is 15.0 Å². The first-order chi connectivity index (χ1) is 17.3. The zero-order valence-electron chi connectivity index (χ0n) is 21.2. The highest BCUT2D eigenvalue weighted by molar-refractivity contribution is 6.28. The lowest BCUT2D eigenvalue weighted by atomic mass is 9.98. The van der Waals surface area contributed by atoms with Crippen molar-refractivity contribution in [1.29, 1.82) is 0 Å². The van der Waals surface area contributed by atoms with Crippen LogP contribution in [-0.4, -0.2) is 15.0 Å². The Bertz CT molecular complexity index is 1560. The minimum atomic E-state index is -0.485. The molecule has 4 aromatic carbocycles. The lowest BCUT2D eigenvalue weighted by molar-refractivity contribution is 1.07. The highest BCUT2D eigenvalue weighted by Crippen LogP contribution is 2.28. The van der Waals surface area contributed by atoms with Crippen LogP contribution in [0.25, 0.3) is 45.0 Å². The van der Waals surface area contributed by atoms with Crippen molar-refractivity contribution in [2.24, 2.45) is 0 Å². The van der Waals surface area contributed by atoms with Crippen LogP contribution in [0.15, 0.2) is 109 Å². The zero-order valence-corrected chi connectivity index (χ0v) is 17.0. The Hall–Kier alpha value is -3.82. The fourth-order valence-electron chi connectivity index (χ4n) is 3.27. The molecule has 148 valence electrons. The van der Waals surface area contributed by atoms with Gasteiger partial charge in [0.1, 0.15) is 0 Å². The first-order valence-corrected chi connectivity index (χ1v) is 9.96. The van der Waals surface area contributed by atoms with E-state index in [-0.39, 0.29) is 22.5 Å². The topological polar surface area (TPSA) is 38.7 Å². The molecule has 1 heterocycles. The van der Waals surface area contributed by atoms with Crippen LogP contribution in [0.3, 0.4) is 0 Å². The maximum Gasteiger partial charge on any atom is 0.226 e. The Morgan fingerprint density at radius 1 is 0.516 bits per heavy atom. The number of benzene rings is 4. The van der Waals surface area contributed by atoms with Gasteiger partial charge in [-0.1, -0.05) is 103 Å². The molecule has 3 nitrogen and oxygen atoms in total. The predicted molar refractivity (Wildman–Crippen MR) is 127 cm³/mol. The smallest absolute Gasteiger partial charge is 0.208 e. The van der Waals surface area contributed by atoms with E-state index >= 15 is 0 Å². The van der Waals surface area contributed by atoms with Gasteiger partial charge in [0.15, 0.2) is 11.6 Å². The Labute approximate surface area is 193 Å². The number of nitrogens with zero attached hydrogens (tertiary/aromatic N) is 3. The number of hydrogen-bond acceptors (Lipinski definition) is 3. The standard InChI is InChI=1S/C27H18ClN3/c28-27-30-25(21-10-5-2-6-11-21)29-26(31-27)22-16-14-20(15-17-22)24-13-7-12-23(18-24)19-8-3-1-4-9-19/h1-18H/i2D,5D,6D,10D,11D. The number of rotatable bonds is 4. The summed E-state index contributed by atoms with van der Waals surface area (Å²) in [5.74, 6) is 0.156. The summed E-state index contributed by atoms with van der Waals surface area (Å²) in [4.78, 5) is 12.6. The molecule has 0 bridgehead atoms. The van der Waals surface area contributed by atoms with Gasteiger partial charge in [-0.2, -0.15) is 9.97 Å². The highest BCUT2D eigenvalue weighted by atomic mass is 35.5. The molecule has 4 heteroatoms. The summed E-state index contributed by atoms with van der Waals surface area (Å²) in [6.45, 7) is 0. The minimum Gasteiger partial charge on any atom is -0.208 e. The van der Waals surface area contributed by atoms with Gasteiger partial charge < -0.3 is 0 Å². The third-order valence-electron chi connectivity index (χ3n) is 4.78. The molecule has 0 atom stereocenters. The summed E-state index contributed by atoms with van der Waals surface area (Å²) in [5.41, 5.74) is 4.83. The maximum absolute atomic E-state index is 8.21. The predicted octanol–water partition coefficient (Wildman–Crippen LogP) is 7.19. The Morgan fingerprint density at radius 3 is 1.74 bits per heavy atom. The van der Waals surface area contributed by atoms with Crippen molar-refractivity contribution in [3.05, 3.63) is 114 Å². The van der Waals surface area contributed by atoms with Gasteiger partial charge in [0.25, 0.3) is 0 Å². The van der Waals surface area contributed by atoms with Crippen LogP contribution < -0.4 is 0 Å². The molecule has 31 heavy (non-hydrogen) atoms. The van der Waals surface area contributed by atoms with Crippen LogP contribution in [0, 0.1) is 0 Å². The second-order valence-electron chi connectivity index (χ2n) is 6.78. The summed E-state index contributed by atoms with van der Waals surface area (Å²) in [7, 11) is 0. The van der Waals surface area contributed by atoms with Crippen molar-refractivity contribution >= 4 is 11.6 Å². The lowest BCUT2D eigenvalue weighted by Gasteiger charge is -2.08. The minimum absolute atomic E-state index is 0.0818. The molecule has 1 aromatic heterocycles. The fourth-order valence-corrected chi connectivity index (χ4v) is 3.43. The van der Waals surface area contributed by atoms with Crippen molar-refractivity contribution in [2.45, 2.75) is 0 Å². The van der Waals surface area contributed by atoms with E-state index in [9.17, 15) is 0 Å². The normalized spacial score (nSPS) is 13.0. The second-order valence-corrected chi connectivity index (χ2v) is 7.11. The van der Waals surface area contributed by atoms with Crippen LogP contribution in [0.2, 0.25) is 5.28 Å². The lowest BCUT2D eigenvalue weighted by Crippen LogP contribution is -1.97. The van der Waals surface area contributed by atoms with E-state index in [4.69, 9.17) is 18.5 Å². The van der Waals surface area contributed by atoms with Crippen LogP contribution in [0.5, 0.6) is 0 Å². The molecule has 0 unspecified atom stereocenters. The van der Waals surface area contributed by atoms with Crippen molar-refractivity contribution in [2.75, 3.05) is 0 Å². The molecule has 0 amide bonds. The summed E-state index contributed by atoms with van der Waals surface area (Å²) >= 11 is 6.15. The van der Waals surface area contributed by atoms with Gasteiger partial charge in [-0.3, -0.25) is 0 Å². The average molecular weight is 425 g/mol. The third-order valence-corrected chi connectivity index (χ3v) is 4.95. The van der Waals surface area contributed by atoms with E-state index < -0.39 is 30.2 Å². The van der Waals surface area contributed by atoms with Crippen molar-refractivity contribution in [3.8, 4) is 45.0 Å². The van der Waals surface area contributed by atoms with E-state index in [0.29, 0.717) is 5.56 Å². The molecule has 0 spiro atoms. The number of aromatic nitrogens is 3. The molecule has 0 N–H and O–H groups in total. The van der Waals surface area contributed by atoms with Gasteiger partial charge in [-0.05, 0) is 39.9 Å². The van der Waals surface area contributed by atoms with Crippen LogP contribution in [0.1, 0.15) is 6.85 Å². The average Bonchev–Trinajstić information content (AvgIpc) is 2.91. The largest absolute Gasteiger partial charge is 0.226 e. The molecule has 0 saturated heterocycles. The third kappa shape index (κ3) is 4.23. The summed E-state index contributed by atoms with van der Waals surface area (Å²) in [6, 6.07) is 23.8. The van der Waals surface area contributed by atoms with Gasteiger partial charge >= 0.3 is 0 Å². The molecule has 0 aliphatic carbocycles. The summed E-state index contributed by atoms with van der Waals surface area (Å²) < 4.78 is 40.0. The van der Waals surface area contributed by atoms with E-state index in [0.717, 1.165) is 22.3 Å². The van der Waals surface area contributed by atoms with Gasteiger partial charge in [0.05, 0.1) is 6.85 Å². The van der Waals surface area contributed by atoms with Crippen molar-refractivity contribution < 1.29 is 6.85 Å². The van der Waals surface area contributed by atoms with Crippen LogP contribution >= 0.6 is 11.6 Å². The van der Waals surface area contributed by atoms with Crippen LogP contribution in [-0.2, 0) is 0 Å². The summed E-state index contributed by atoms with van der Waals surface area (Å²) in [5, 5.41) is -0.138. The molecule has 0 saturated carbocycles. The Kier molecular flexibility index (Phi) is 3.90. The van der Waals surface area contributed by atoms with Gasteiger partial charge in [0.2, 0.25) is 5.28 Å². The van der Waals surface area contributed by atoms with Gasteiger partial charge in [0, 0.05) is 11.1 Å². The molecule has 5 aromatic rings.